The molecule has 0 spiro atoms. The Morgan fingerprint density at radius 1 is 1.39 bits per heavy atom. The number of halogens is 1. The summed E-state index contributed by atoms with van der Waals surface area (Å²) in [5.74, 6) is 0.209. The number of nitrogens with one attached hydrogen (secondary N) is 1. The summed E-state index contributed by atoms with van der Waals surface area (Å²) in [5.41, 5.74) is 1.35. The molecule has 0 aromatic heterocycles. The molecule has 0 bridgehead atoms. The summed E-state index contributed by atoms with van der Waals surface area (Å²) in [6.45, 7) is 1.78. The van der Waals surface area contributed by atoms with Gasteiger partial charge in [-0.3, -0.25) is 4.72 Å². The molecule has 0 radical (unpaired) electrons. The lowest BCUT2D eigenvalue weighted by Gasteiger charge is -2.11. The highest BCUT2D eigenvalue weighted by atomic mass is 35.5. The van der Waals surface area contributed by atoms with Crippen LogP contribution in [0.4, 0.5) is 5.69 Å². The number of benzene rings is 1. The molecule has 0 saturated heterocycles. The summed E-state index contributed by atoms with van der Waals surface area (Å²) in [5, 5.41) is 8.53. The van der Waals surface area contributed by atoms with Crippen LogP contribution >= 0.6 is 11.6 Å². The quantitative estimate of drug-likeness (QED) is 0.816. The van der Waals surface area contributed by atoms with E-state index in [4.69, 9.17) is 16.9 Å². The summed E-state index contributed by atoms with van der Waals surface area (Å²) in [4.78, 5) is 0. The molecule has 6 heteroatoms. The topological polar surface area (TPSA) is 70.0 Å². The average molecular weight is 287 g/mol. The Labute approximate surface area is 113 Å². The van der Waals surface area contributed by atoms with Crippen molar-refractivity contribution >= 4 is 27.3 Å². The van der Waals surface area contributed by atoms with E-state index in [0.717, 1.165) is 5.56 Å². The van der Waals surface area contributed by atoms with E-state index in [1.807, 2.05) is 6.07 Å². The van der Waals surface area contributed by atoms with Gasteiger partial charge < -0.3 is 0 Å². The third-order valence-electron chi connectivity index (χ3n) is 2.28. The number of anilines is 1. The van der Waals surface area contributed by atoms with E-state index in [2.05, 4.69) is 4.72 Å². The first-order valence-electron chi connectivity index (χ1n) is 5.49. The molecule has 1 aromatic carbocycles. The van der Waals surface area contributed by atoms with Gasteiger partial charge in [0.1, 0.15) is 0 Å². The highest BCUT2D eigenvalue weighted by Gasteiger charge is 2.14. The molecule has 0 fully saturated rings. The van der Waals surface area contributed by atoms with Crippen LogP contribution in [-0.4, -0.2) is 20.1 Å². The summed E-state index contributed by atoms with van der Waals surface area (Å²) in [6.07, 6.45) is 0.316. The highest BCUT2D eigenvalue weighted by Crippen LogP contribution is 2.13. The Morgan fingerprint density at radius 2 is 2.00 bits per heavy atom. The van der Waals surface area contributed by atoms with Gasteiger partial charge >= 0.3 is 0 Å². The maximum atomic E-state index is 11.8. The van der Waals surface area contributed by atoms with Gasteiger partial charge in [-0.1, -0.05) is 19.1 Å². The SMILES string of the molecule is CC(CCl)CS(=O)(=O)Nc1ccc(CC#N)cc1. The molecule has 1 atom stereocenters. The molecule has 4 nitrogen and oxygen atoms in total. The highest BCUT2D eigenvalue weighted by molar-refractivity contribution is 7.92. The minimum Gasteiger partial charge on any atom is -0.284 e. The van der Waals surface area contributed by atoms with Crippen molar-refractivity contribution < 1.29 is 8.42 Å². The molecule has 1 N–H and O–H groups in total. The second kappa shape index (κ2) is 6.62. The van der Waals surface area contributed by atoms with Gasteiger partial charge in [0.15, 0.2) is 0 Å². The fourth-order valence-corrected chi connectivity index (χ4v) is 3.11. The van der Waals surface area contributed by atoms with Crippen LogP contribution in [0.2, 0.25) is 0 Å². The minimum absolute atomic E-state index is 0.00352. The maximum Gasteiger partial charge on any atom is 0.233 e. The van der Waals surface area contributed by atoms with Crippen molar-refractivity contribution in [2.45, 2.75) is 13.3 Å². The molecule has 18 heavy (non-hydrogen) atoms. The molecule has 0 aliphatic carbocycles. The van der Waals surface area contributed by atoms with Crippen molar-refractivity contribution in [2.24, 2.45) is 5.92 Å². The van der Waals surface area contributed by atoms with Crippen LogP contribution < -0.4 is 4.72 Å². The van der Waals surface area contributed by atoms with Gasteiger partial charge in [0.25, 0.3) is 0 Å². The first kappa shape index (κ1) is 14.8. The summed E-state index contributed by atoms with van der Waals surface area (Å²) in [6, 6.07) is 8.79. The summed E-state index contributed by atoms with van der Waals surface area (Å²) >= 11 is 5.59. The Morgan fingerprint density at radius 3 is 2.50 bits per heavy atom. The lowest BCUT2D eigenvalue weighted by atomic mass is 10.1. The van der Waals surface area contributed by atoms with E-state index in [0.29, 0.717) is 18.0 Å². The molecule has 1 rings (SSSR count). The van der Waals surface area contributed by atoms with E-state index in [-0.39, 0.29) is 11.7 Å². The predicted octanol–water partition coefficient (Wildman–Crippen LogP) is 2.37. The fraction of sp³-hybridized carbons (Fsp3) is 0.417. The van der Waals surface area contributed by atoms with Gasteiger partial charge in [0.2, 0.25) is 10.0 Å². The number of nitrogens with zero attached hydrogens (tertiary/aromatic N) is 1. The maximum absolute atomic E-state index is 11.8. The van der Waals surface area contributed by atoms with Crippen LogP contribution in [-0.2, 0) is 16.4 Å². The number of nitriles is 1. The zero-order chi connectivity index (χ0) is 13.6. The third-order valence-corrected chi connectivity index (χ3v) is 4.36. The average Bonchev–Trinajstić information content (AvgIpc) is 2.31. The number of rotatable bonds is 6. The molecular formula is C12H15ClN2O2S. The van der Waals surface area contributed by atoms with Crippen molar-refractivity contribution in [1.29, 1.82) is 5.26 Å². The van der Waals surface area contributed by atoms with E-state index < -0.39 is 10.0 Å². The summed E-state index contributed by atoms with van der Waals surface area (Å²) < 4.78 is 26.0. The van der Waals surface area contributed by atoms with E-state index in [9.17, 15) is 8.42 Å². The number of hydrogen-bond donors (Lipinski definition) is 1. The number of sulfonamides is 1. The van der Waals surface area contributed by atoms with E-state index >= 15 is 0 Å². The Hall–Kier alpha value is -1.25. The van der Waals surface area contributed by atoms with Crippen LogP contribution in [0.1, 0.15) is 12.5 Å². The van der Waals surface area contributed by atoms with E-state index in [1.165, 1.54) is 0 Å². The van der Waals surface area contributed by atoms with Gasteiger partial charge in [-0.15, -0.1) is 11.6 Å². The Bertz CT molecular complexity index is 520. The van der Waals surface area contributed by atoms with Crippen molar-refractivity contribution in [2.75, 3.05) is 16.4 Å². The monoisotopic (exact) mass is 286 g/mol. The van der Waals surface area contributed by atoms with Gasteiger partial charge in [0, 0.05) is 11.6 Å². The smallest absolute Gasteiger partial charge is 0.233 e. The first-order chi connectivity index (χ1) is 8.46. The van der Waals surface area contributed by atoms with Crippen molar-refractivity contribution in [3.05, 3.63) is 29.8 Å². The van der Waals surface area contributed by atoms with Crippen molar-refractivity contribution in [1.82, 2.24) is 0 Å². The minimum atomic E-state index is -3.37. The van der Waals surface area contributed by atoms with Crippen LogP contribution in [0.25, 0.3) is 0 Å². The zero-order valence-corrected chi connectivity index (χ0v) is 11.6. The predicted molar refractivity (Wildman–Crippen MR) is 73.1 cm³/mol. The molecule has 0 amide bonds. The molecule has 1 unspecified atom stereocenters. The second-order valence-electron chi connectivity index (χ2n) is 4.17. The number of alkyl halides is 1. The molecular weight excluding hydrogens is 272 g/mol. The van der Waals surface area contributed by atoms with Gasteiger partial charge in [0.05, 0.1) is 18.2 Å². The van der Waals surface area contributed by atoms with Crippen LogP contribution in [0, 0.1) is 17.2 Å². The van der Waals surface area contributed by atoms with Crippen LogP contribution in [0.15, 0.2) is 24.3 Å². The van der Waals surface area contributed by atoms with Crippen molar-refractivity contribution in [3.8, 4) is 6.07 Å². The van der Waals surface area contributed by atoms with E-state index in [1.54, 1.807) is 31.2 Å². The van der Waals surface area contributed by atoms with Gasteiger partial charge in [-0.25, -0.2) is 8.42 Å². The lowest BCUT2D eigenvalue weighted by Crippen LogP contribution is -2.22. The normalized spacial score (nSPS) is 12.7. The molecule has 0 heterocycles. The van der Waals surface area contributed by atoms with Crippen LogP contribution in [0.3, 0.4) is 0 Å². The zero-order valence-electron chi connectivity index (χ0n) is 10.1. The van der Waals surface area contributed by atoms with Crippen molar-refractivity contribution in [3.63, 3.8) is 0 Å². The van der Waals surface area contributed by atoms with Gasteiger partial charge in [-0.05, 0) is 23.6 Å². The molecule has 98 valence electrons. The Kier molecular flexibility index (Phi) is 5.45. The van der Waals surface area contributed by atoms with Gasteiger partial charge in [-0.2, -0.15) is 5.26 Å². The standard InChI is InChI=1S/C12H15ClN2O2S/c1-10(8-13)9-18(16,17)15-12-4-2-11(3-5-12)6-7-14/h2-5,10,15H,6,8-9H2,1H3. The van der Waals surface area contributed by atoms with Crippen LogP contribution in [0.5, 0.6) is 0 Å². The Balaban J connectivity index is 2.70. The third kappa shape index (κ3) is 4.94. The fourth-order valence-electron chi connectivity index (χ4n) is 1.42. The summed E-state index contributed by atoms with van der Waals surface area (Å²) in [7, 11) is -3.37. The first-order valence-corrected chi connectivity index (χ1v) is 7.68. The molecule has 0 aliphatic heterocycles. The largest absolute Gasteiger partial charge is 0.284 e. The lowest BCUT2D eigenvalue weighted by molar-refractivity contribution is 0.588. The molecule has 0 aliphatic rings. The number of hydrogen-bond acceptors (Lipinski definition) is 3. The second-order valence-corrected chi connectivity index (χ2v) is 6.25. The molecule has 0 saturated carbocycles. The molecule has 1 aromatic rings.